The van der Waals surface area contributed by atoms with Crippen molar-refractivity contribution in [3.05, 3.63) is 57.5 Å². The number of nitrogens with two attached hydrogens (primary N) is 1. The fourth-order valence-electron chi connectivity index (χ4n) is 1.56. The number of rotatable bonds is 2. The van der Waals surface area contributed by atoms with Gasteiger partial charge in [-0.3, -0.25) is 0 Å². The van der Waals surface area contributed by atoms with Crippen LogP contribution in [0.4, 0.5) is 0 Å². The molecule has 1 aromatic carbocycles. The van der Waals surface area contributed by atoms with E-state index in [1.807, 2.05) is 13.0 Å². The molecule has 0 radical (unpaired) electrons. The smallest absolute Gasteiger partial charge is 0.101 e. The summed E-state index contributed by atoms with van der Waals surface area (Å²) in [4.78, 5) is 0. The lowest BCUT2D eigenvalue weighted by molar-refractivity contribution is 0.530. The zero-order valence-electron chi connectivity index (χ0n) is 8.71. The first-order chi connectivity index (χ1) is 7.58. The van der Waals surface area contributed by atoms with Crippen LogP contribution in [-0.2, 0) is 0 Å². The lowest BCUT2D eigenvalue weighted by atomic mass is 10.0. The van der Waals surface area contributed by atoms with Crippen LogP contribution in [0.5, 0.6) is 0 Å². The van der Waals surface area contributed by atoms with Crippen molar-refractivity contribution >= 4 is 23.2 Å². The summed E-state index contributed by atoms with van der Waals surface area (Å²) in [6, 6.07) is 6.83. The monoisotopic (exact) mass is 255 g/mol. The Morgan fingerprint density at radius 3 is 2.62 bits per heavy atom. The summed E-state index contributed by atoms with van der Waals surface area (Å²) >= 11 is 12.0. The van der Waals surface area contributed by atoms with E-state index in [2.05, 4.69) is 0 Å². The standard InChI is InChI=1S/C12H11Cl2NO/c1-7-4-8(6-16-7)12(15)10-5-9(13)2-3-11(10)14/h2-6,12H,15H2,1H3. The van der Waals surface area contributed by atoms with Gasteiger partial charge in [0.05, 0.1) is 12.3 Å². The van der Waals surface area contributed by atoms with Gasteiger partial charge in [-0.25, -0.2) is 0 Å². The quantitative estimate of drug-likeness (QED) is 0.883. The SMILES string of the molecule is Cc1cc(C(N)c2cc(Cl)ccc2Cl)co1. The van der Waals surface area contributed by atoms with E-state index < -0.39 is 0 Å². The summed E-state index contributed by atoms with van der Waals surface area (Å²) in [5.41, 5.74) is 7.79. The molecule has 0 fully saturated rings. The van der Waals surface area contributed by atoms with Crippen molar-refractivity contribution in [3.8, 4) is 0 Å². The lowest BCUT2D eigenvalue weighted by Crippen LogP contribution is -2.11. The van der Waals surface area contributed by atoms with Crippen molar-refractivity contribution in [2.75, 3.05) is 0 Å². The molecule has 2 aromatic rings. The van der Waals surface area contributed by atoms with Crippen LogP contribution in [0, 0.1) is 6.92 Å². The third kappa shape index (κ3) is 2.24. The highest BCUT2D eigenvalue weighted by molar-refractivity contribution is 6.33. The summed E-state index contributed by atoms with van der Waals surface area (Å²) in [5.74, 6) is 0.823. The fraction of sp³-hybridized carbons (Fsp3) is 0.167. The van der Waals surface area contributed by atoms with Gasteiger partial charge in [0.1, 0.15) is 5.76 Å². The molecular weight excluding hydrogens is 245 g/mol. The zero-order valence-corrected chi connectivity index (χ0v) is 10.2. The first kappa shape index (κ1) is 11.5. The van der Waals surface area contributed by atoms with E-state index in [0.29, 0.717) is 10.0 Å². The van der Waals surface area contributed by atoms with E-state index >= 15 is 0 Å². The number of furan rings is 1. The Hall–Kier alpha value is -0.960. The second-order valence-electron chi connectivity index (χ2n) is 3.63. The largest absolute Gasteiger partial charge is 0.469 e. The Bertz CT molecular complexity index is 507. The van der Waals surface area contributed by atoms with E-state index in [0.717, 1.165) is 16.9 Å². The summed E-state index contributed by atoms with van der Waals surface area (Å²) in [7, 11) is 0. The summed E-state index contributed by atoms with van der Waals surface area (Å²) in [5, 5.41) is 1.23. The van der Waals surface area contributed by atoms with Crippen molar-refractivity contribution in [2.24, 2.45) is 5.73 Å². The van der Waals surface area contributed by atoms with Gasteiger partial charge in [0.15, 0.2) is 0 Å². The van der Waals surface area contributed by atoms with Gasteiger partial charge in [-0.1, -0.05) is 23.2 Å². The molecule has 0 aliphatic heterocycles. The van der Waals surface area contributed by atoms with Crippen molar-refractivity contribution in [1.82, 2.24) is 0 Å². The van der Waals surface area contributed by atoms with Crippen molar-refractivity contribution in [1.29, 1.82) is 0 Å². The number of benzene rings is 1. The van der Waals surface area contributed by atoms with E-state index in [4.69, 9.17) is 33.4 Å². The van der Waals surface area contributed by atoms with E-state index in [1.54, 1.807) is 24.5 Å². The minimum absolute atomic E-state index is 0.316. The van der Waals surface area contributed by atoms with E-state index in [9.17, 15) is 0 Å². The van der Waals surface area contributed by atoms with Gasteiger partial charge < -0.3 is 10.2 Å². The molecule has 0 bridgehead atoms. The molecule has 0 spiro atoms. The highest BCUT2D eigenvalue weighted by Gasteiger charge is 2.14. The molecule has 0 aliphatic carbocycles. The molecule has 0 aliphatic rings. The number of hydrogen-bond donors (Lipinski definition) is 1. The normalized spacial score (nSPS) is 12.8. The van der Waals surface area contributed by atoms with Crippen LogP contribution in [0.15, 0.2) is 34.9 Å². The predicted molar refractivity (Wildman–Crippen MR) is 65.9 cm³/mol. The minimum Gasteiger partial charge on any atom is -0.469 e. The average Bonchev–Trinajstić information content (AvgIpc) is 2.67. The molecule has 1 aromatic heterocycles. The van der Waals surface area contributed by atoms with E-state index in [1.165, 1.54) is 0 Å². The van der Waals surface area contributed by atoms with Crippen LogP contribution in [-0.4, -0.2) is 0 Å². The third-order valence-corrected chi connectivity index (χ3v) is 2.98. The Labute approximate surface area is 104 Å². The molecule has 0 amide bonds. The highest BCUT2D eigenvalue weighted by atomic mass is 35.5. The van der Waals surface area contributed by atoms with Crippen LogP contribution in [0.1, 0.15) is 22.9 Å². The number of hydrogen-bond acceptors (Lipinski definition) is 2. The molecule has 2 nitrogen and oxygen atoms in total. The highest BCUT2D eigenvalue weighted by Crippen LogP contribution is 2.29. The second kappa shape index (κ2) is 4.50. The second-order valence-corrected chi connectivity index (χ2v) is 4.48. The van der Waals surface area contributed by atoms with Crippen molar-refractivity contribution in [2.45, 2.75) is 13.0 Å². The molecule has 1 heterocycles. The molecule has 4 heteroatoms. The third-order valence-electron chi connectivity index (χ3n) is 2.40. The molecule has 1 atom stereocenters. The summed E-state index contributed by atoms with van der Waals surface area (Å²) < 4.78 is 5.22. The van der Waals surface area contributed by atoms with Gasteiger partial charge in [0.2, 0.25) is 0 Å². The molecular formula is C12H11Cl2NO. The molecule has 2 N–H and O–H groups in total. The first-order valence-electron chi connectivity index (χ1n) is 4.83. The van der Waals surface area contributed by atoms with Gasteiger partial charge in [0.25, 0.3) is 0 Å². The van der Waals surface area contributed by atoms with Crippen molar-refractivity contribution in [3.63, 3.8) is 0 Å². The van der Waals surface area contributed by atoms with Crippen molar-refractivity contribution < 1.29 is 4.42 Å². The Kier molecular flexibility index (Phi) is 3.24. The van der Waals surface area contributed by atoms with Gasteiger partial charge >= 0.3 is 0 Å². The number of aryl methyl sites for hydroxylation is 1. The topological polar surface area (TPSA) is 39.2 Å². The minimum atomic E-state index is -0.316. The Morgan fingerprint density at radius 2 is 2.00 bits per heavy atom. The Morgan fingerprint density at radius 1 is 1.25 bits per heavy atom. The summed E-state index contributed by atoms with van der Waals surface area (Å²) in [6.07, 6.45) is 1.64. The van der Waals surface area contributed by atoms with Gasteiger partial charge in [0, 0.05) is 15.6 Å². The first-order valence-corrected chi connectivity index (χ1v) is 5.59. The Balaban J connectivity index is 2.40. The predicted octanol–water partition coefficient (Wildman–Crippen LogP) is 3.94. The molecule has 16 heavy (non-hydrogen) atoms. The van der Waals surface area contributed by atoms with E-state index in [-0.39, 0.29) is 6.04 Å². The van der Waals surface area contributed by atoms with Crippen LogP contribution in [0.3, 0.4) is 0 Å². The maximum absolute atomic E-state index is 6.10. The zero-order chi connectivity index (χ0) is 11.7. The van der Waals surface area contributed by atoms with Crippen LogP contribution in [0.2, 0.25) is 10.0 Å². The lowest BCUT2D eigenvalue weighted by Gasteiger charge is -2.12. The van der Waals surface area contributed by atoms with Crippen LogP contribution >= 0.6 is 23.2 Å². The molecule has 0 saturated heterocycles. The van der Waals surface area contributed by atoms with Crippen LogP contribution in [0.25, 0.3) is 0 Å². The number of halogens is 2. The summed E-state index contributed by atoms with van der Waals surface area (Å²) in [6.45, 7) is 1.87. The molecule has 2 rings (SSSR count). The molecule has 1 unspecified atom stereocenters. The average molecular weight is 256 g/mol. The van der Waals surface area contributed by atoms with Gasteiger partial charge in [-0.15, -0.1) is 0 Å². The van der Waals surface area contributed by atoms with Gasteiger partial charge in [-0.2, -0.15) is 0 Å². The van der Waals surface area contributed by atoms with Crippen LogP contribution < -0.4 is 5.73 Å². The van der Waals surface area contributed by atoms with Gasteiger partial charge in [-0.05, 0) is 36.8 Å². The maximum Gasteiger partial charge on any atom is 0.101 e. The maximum atomic E-state index is 6.10. The molecule has 0 saturated carbocycles. The molecule has 84 valence electrons. The fourth-order valence-corrected chi connectivity index (χ4v) is 1.97.